The molecule has 0 saturated carbocycles. The summed E-state index contributed by atoms with van der Waals surface area (Å²) in [5.74, 6) is -0.431. The van der Waals surface area contributed by atoms with Crippen LogP contribution in [0.1, 0.15) is 0 Å². The van der Waals surface area contributed by atoms with Gasteiger partial charge in [0.25, 0.3) is 0 Å². The van der Waals surface area contributed by atoms with Crippen molar-refractivity contribution in [1.82, 2.24) is 5.32 Å². The third-order valence-corrected chi connectivity index (χ3v) is 1.64. The fraction of sp³-hybridized carbons (Fsp3) is 0.571. The van der Waals surface area contributed by atoms with E-state index < -0.39 is 11.3 Å². The van der Waals surface area contributed by atoms with Gasteiger partial charge in [-0.05, 0) is 0 Å². The molecule has 0 fully saturated rings. The second-order valence-electron chi connectivity index (χ2n) is 2.01. The van der Waals surface area contributed by atoms with Gasteiger partial charge in [-0.25, -0.2) is 0 Å². The molecule has 1 atom stereocenters. The highest BCUT2D eigenvalue weighted by Gasteiger charge is 2.13. The Morgan fingerprint density at radius 1 is 1.75 bits per heavy atom. The van der Waals surface area contributed by atoms with Crippen molar-refractivity contribution in [2.45, 2.75) is 5.38 Å². The van der Waals surface area contributed by atoms with Gasteiger partial charge in [0.05, 0.1) is 7.11 Å². The molecule has 70 valence electrons. The van der Waals surface area contributed by atoms with E-state index in [0.29, 0.717) is 13.1 Å². The van der Waals surface area contributed by atoms with E-state index in [2.05, 4.69) is 10.1 Å². The van der Waals surface area contributed by atoms with Crippen LogP contribution in [0.25, 0.3) is 0 Å². The second kappa shape index (κ2) is 7.40. The zero-order chi connectivity index (χ0) is 9.40. The number of carbonyl (C=O) groups excluding carboxylic acids is 1. The van der Waals surface area contributed by atoms with Crippen LogP contribution in [0.4, 0.5) is 0 Å². The van der Waals surface area contributed by atoms with Crippen LogP contribution < -0.4 is 5.32 Å². The van der Waals surface area contributed by atoms with Crippen LogP contribution in [0.5, 0.6) is 0 Å². The highest BCUT2D eigenvalue weighted by atomic mass is 35.5. The summed E-state index contributed by atoms with van der Waals surface area (Å²) >= 11 is 10.9. The van der Waals surface area contributed by atoms with E-state index in [1.165, 1.54) is 12.6 Å². The first-order valence-corrected chi connectivity index (χ1v) is 4.27. The van der Waals surface area contributed by atoms with Crippen LogP contribution in [0.3, 0.4) is 0 Å². The van der Waals surface area contributed by atoms with Crippen LogP contribution >= 0.6 is 23.2 Å². The number of methoxy groups -OCH3 is 1. The normalized spacial score (nSPS) is 13.2. The summed E-state index contributed by atoms with van der Waals surface area (Å²) in [6.07, 6.45) is 1.71. The summed E-state index contributed by atoms with van der Waals surface area (Å²) in [4.78, 5) is 10.7. The van der Waals surface area contributed by atoms with Crippen molar-refractivity contribution < 1.29 is 9.53 Å². The van der Waals surface area contributed by atoms with Gasteiger partial charge in [-0.3, -0.25) is 4.79 Å². The molecule has 0 amide bonds. The molecule has 0 aliphatic heterocycles. The summed E-state index contributed by atoms with van der Waals surface area (Å²) in [6.45, 7) is 0.958. The molecule has 3 nitrogen and oxygen atoms in total. The Hall–Kier alpha value is -0.250. The number of esters is 1. The minimum atomic E-state index is -0.640. The summed E-state index contributed by atoms with van der Waals surface area (Å²) in [7, 11) is 1.30. The topological polar surface area (TPSA) is 38.3 Å². The third kappa shape index (κ3) is 5.41. The SMILES string of the molecule is COC(=O)C(Cl)CNC/C=C/Cl. The zero-order valence-electron chi connectivity index (χ0n) is 6.72. The Morgan fingerprint density at radius 2 is 2.42 bits per heavy atom. The molecule has 0 radical (unpaired) electrons. The van der Waals surface area contributed by atoms with E-state index in [1.54, 1.807) is 6.08 Å². The maximum atomic E-state index is 10.7. The molecule has 0 rings (SSSR count). The van der Waals surface area contributed by atoms with Crippen molar-refractivity contribution in [3.63, 3.8) is 0 Å². The third-order valence-electron chi connectivity index (χ3n) is 1.13. The molecule has 5 heteroatoms. The predicted molar refractivity (Wildman–Crippen MR) is 49.5 cm³/mol. The zero-order valence-corrected chi connectivity index (χ0v) is 8.23. The molecule has 1 N–H and O–H groups in total. The standard InChI is InChI=1S/C7H11Cl2NO2/c1-12-7(11)6(9)5-10-4-2-3-8/h2-3,6,10H,4-5H2,1H3/b3-2+. The van der Waals surface area contributed by atoms with Crippen LogP contribution in [-0.2, 0) is 9.53 Å². The molecule has 0 bridgehead atoms. The molecular weight excluding hydrogens is 201 g/mol. The van der Waals surface area contributed by atoms with Gasteiger partial charge < -0.3 is 10.1 Å². The maximum absolute atomic E-state index is 10.7. The number of nitrogens with one attached hydrogen (secondary N) is 1. The Kier molecular flexibility index (Phi) is 7.25. The highest BCUT2D eigenvalue weighted by Crippen LogP contribution is 1.95. The predicted octanol–water partition coefficient (Wildman–Crippen LogP) is 1.11. The summed E-state index contributed by atoms with van der Waals surface area (Å²) < 4.78 is 4.41. The van der Waals surface area contributed by atoms with Crippen LogP contribution in [0.2, 0.25) is 0 Å². The largest absolute Gasteiger partial charge is 0.468 e. The molecule has 12 heavy (non-hydrogen) atoms. The lowest BCUT2D eigenvalue weighted by Crippen LogP contribution is -2.30. The van der Waals surface area contributed by atoms with E-state index in [1.807, 2.05) is 0 Å². The van der Waals surface area contributed by atoms with Gasteiger partial charge in [0, 0.05) is 18.6 Å². The van der Waals surface area contributed by atoms with E-state index in [9.17, 15) is 4.79 Å². The number of halogens is 2. The molecule has 0 spiro atoms. The first-order valence-electron chi connectivity index (χ1n) is 3.40. The molecule has 1 unspecified atom stereocenters. The van der Waals surface area contributed by atoms with Gasteiger partial charge in [-0.15, -0.1) is 11.6 Å². The summed E-state index contributed by atoms with van der Waals surface area (Å²) in [5, 5.41) is 2.26. The molecule has 0 aliphatic rings. The Labute approximate surface area is 81.7 Å². The van der Waals surface area contributed by atoms with Crippen LogP contribution in [0, 0.1) is 0 Å². The molecule has 0 aromatic rings. The van der Waals surface area contributed by atoms with E-state index in [-0.39, 0.29) is 0 Å². The van der Waals surface area contributed by atoms with Crippen LogP contribution in [-0.4, -0.2) is 31.5 Å². The van der Waals surface area contributed by atoms with Gasteiger partial charge in [0.2, 0.25) is 0 Å². The first-order chi connectivity index (χ1) is 5.72. The minimum Gasteiger partial charge on any atom is -0.468 e. The molecule has 0 aromatic heterocycles. The monoisotopic (exact) mass is 211 g/mol. The average Bonchev–Trinajstić information content (AvgIpc) is 2.10. The Bertz CT molecular complexity index is 161. The van der Waals surface area contributed by atoms with Crippen molar-refractivity contribution in [2.75, 3.05) is 20.2 Å². The highest BCUT2D eigenvalue weighted by molar-refractivity contribution is 6.30. The first kappa shape index (κ1) is 11.8. The number of rotatable bonds is 5. The lowest BCUT2D eigenvalue weighted by atomic mass is 10.4. The average molecular weight is 212 g/mol. The molecule has 0 aliphatic carbocycles. The fourth-order valence-electron chi connectivity index (χ4n) is 0.549. The number of hydrogen-bond acceptors (Lipinski definition) is 3. The Balaban J connectivity index is 3.43. The number of carbonyl (C=O) groups is 1. The molecular formula is C7H11Cl2NO2. The quantitative estimate of drug-likeness (QED) is 0.421. The maximum Gasteiger partial charge on any atom is 0.325 e. The lowest BCUT2D eigenvalue weighted by molar-refractivity contribution is -0.140. The fourth-order valence-corrected chi connectivity index (χ4v) is 0.836. The Morgan fingerprint density at radius 3 is 2.92 bits per heavy atom. The molecule has 0 saturated heterocycles. The van der Waals surface area contributed by atoms with Crippen molar-refractivity contribution >= 4 is 29.2 Å². The van der Waals surface area contributed by atoms with E-state index >= 15 is 0 Å². The lowest BCUT2D eigenvalue weighted by Gasteiger charge is -2.06. The molecule has 0 heterocycles. The van der Waals surface area contributed by atoms with Gasteiger partial charge in [0.1, 0.15) is 5.38 Å². The van der Waals surface area contributed by atoms with E-state index in [0.717, 1.165) is 0 Å². The summed E-state index contributed by atoms with van der Waals surface area (Å²) in [5.41, 5.74) is 1.40. The number of hydrogen-bond donors (Lipinski definition) is 1. The van der Waals surface area contributed by atoms with Gasteiger partial charge >= 0.3 is 5.97 Å². The van der Waals surface area contributed by atoms with Crippen LogP contribution in [0.15, 0.2) is 11.6 Å². The van der Waals surface area contributed by atoms with Gasteiger partial charge in [-0.1, -0.05) is 17.7 Å². The number of ether oxygens (including phenoxy) is 1. The second-order valence-corrected chi connectivity index (χ2v) is 2.79. The van der Waals surface area contributed by atoms with Crippen molar-refractivity contribution in [3.8, 4) is 0 Å². The van der Waals surface area contributed by atoms with Crippen molar-refractivity contribution in [3.05, 3.63) is 11.6 Å². The van der Waals surface area contributed by atoms with Gasteiger partial charge in [0.15, 0.2) is 0 Å². The van der Waals surface area contributed by atoms with Crippen molar-refractivity contribution in [2.24, 2.45) is 0 Å². The molecule has 0 aromatic carbocycles. The van der Waals surface area contributed by atoms with E-state index in [4.69, 9.17) is 23.2 Å². The van der Waals surface area contributed by atoms with Crippen molar-refractivity contribution in [1.29, 1.82) is 0 Å². The smallest absolute Gasteiger partial charge is 0.325 e. The number of alkyl halides is 1. The summed E-state index contributed by atoms with van der Waals surface area (Å²) in [6, 6.07) is 0. The minimum absolute atomic E-state index is 0.370. The van der Waals surface area contributed by atoms with Gasteiger partial charge in [-0.2, -0.15) is 0 Å².